The first kappa shape index (κ1) is 22.0. The number of pyridine rings is 1. The van der Waals surface area contributed by atoms with Crippen molar-refractivity contribution in [2.45, 2.75) is 25.8 Å². The number of likely N-dealkylation sites (tertiary alicyclic amines) is 1. The second kappa shape index (κ2) is 9.23. The Balaban J connectivity index is 1.51. The third-order valence-electron chi connectivity index (χ3n) is 5.86. The summed E-state index contributed by atoms with van der Waals surface area (Å²) in [6.07, 6.45) is 4.56. The summed E-state index contributed by atoms with van der Waals surface area (Å²) in [5.41, 5.74) is 8.57. The predicted octanol–water partition coefficient (Wildman–Crippen LogP) is 2.71. The quantitative estimate of drug-likeness (QED) is 0.442. The highest BCUT2D eigenvalue weighted by molar-refractivity contribution is 6.04. The molecule has 35 heavy (non-hydrogen) atoms. The number of nitrogens with zero attached hydrogens (tertiary/aromatic N) is 6. The van der Waals surface area contributed by atoms with Gasteiger partial charge in [0, 0.05) is 23.9 Å². The summed E-state index contributed by atoms with van der Waals surface area (Å²) in [6, 6.07) is 12.0. The van der Waals surface area contributed by atoms with Gasteiger partial charge < -0.3 is 16.0 Å². The molecular formula is C25H22N8O2. The monoisotopic (exact) mass is 466 g/mol. The van der Waals surface area contributed by atoms with Gasteiger partial charge in [-0.15, -0.1) is 0 Å². The molecule has 4 heterocycles. The minimum Gasteiger partial charge on any atom is -0.382 e. The minimum absolute atomic E-state index is 0.237. The maximum atomic E-state index is 12.6. The average molecular weight is 467 g/mol. The van der Waals surface area contributed by atoms with Crippen LogP contribution in [0.2, 0.25) is 0 Å². The average Bonchev–Trinajstić information content (AvgIpc) is 3.51. The van der Waals surface area contributed by atoms with E-state index in [4.69, 9.17) is 10.7 Å². The molecule has 0 aliphatic carbocycles. The van der Waals surface area contributed by atoms with E-state index in [1.807, 2.05) is 0 Å². The summed E-state index contributed by atoms with van der Waals surface area (Å²) >= 11 is 0. The Morgan fingerprint density at radius 1 is 1.14 bits per heavy atom. The van der Waals surface area contributed by atoms with Crippen LogP contribution in [-0.4, -0.2) is 47.8 Å². The van der Waals surface area contributed by atoms with Gasteiger partial charge in [-0.1, -0.05) is 24.1 Å². The minimum atomic E-state index is -0.276. The number of fused-ring (bicyclic) bond motifs is 1. The highest BCUT2D eigenvalue weighted by Crippen LogP contribution is 2.35. The van der Waals surface area contributed by atoms with Crippen molar-refractivity contribution < 1.29 is 9.59 Å². The molecule has 10 heteroatoms. The Morgan fingerprint density at radius 3 is 2.71 bits per heavy atom. The zero-order valence-electron chi connectivity index (χ0n) is 19.0. The highest BCUT2D eigenvalue weighted by Gasteiger charge is 2.34. The Hall–Kier alpha value is -4.78. The standard InChI is InChI=1S/C25H22N8O2/c1-2-6-20(34)32-14-5-7-18(32)24-31-21(22-23(26)28-15-29-33(22)24)16-9-11-17(12-10-16)25(35)30-19-8-3-4-13-27-19/h3-4,8-13,15,18H,5,7,14H2,1H3,(H2,26,28,29)(H,27,30,35). The SMILES string of the molecule is CC#CC(=O)N1CCCC1c1nc(-c2ccc(C(=O)Nc3ccccn3)cc2)c2c(N)ncnn12. The number of nitrogens with one attached hydrogen (secondary N) is 1. The molecule has 0 bridgehead atoms. The van der Waals surface area contributed by atoms with Crippen molar-refractivity contribution in [2.75, 3.05) is 17.6 Å². The van der Waals surface area contributed by atoms with Crippen LogP contribution >= 0.6 is 0 Å². The van der Waals surface area contributed by atoms with Crippen molar-refractivity contribution in [1.82, 2.24) is 29.5 Å². The van der Waals surface area contributed by atoms with Crippen LogP contribution < -0.4 is 11.1 Å². The Morgan fingerprint density at radius 2 is 1.97 bits per heavy atom. The van der Waals surface area contributed by atoms with Crippen molar-refractivity contribution in [3.63, 3.8) is 0 Å². The number of aromatic nitrogens is 5. The molecule has 1 fully saturated rings. The van der Waals surface area contributed by atoms with E-state index >= 15 is 0 Å². The van der Waals surface area contributed by atoms with Gasteiger partial charge >= 0.3 is 0 Å². The number of anilines is 2. The van der Waals surface area contributed by atoms with Crippen LogP contribution in [0.4, 0.5) is 11.6 Å². The van der Waals surface area contributed by atoms with E-state index in [-0.39, 0.29) is 23.7 Å². The number of amides is 2. The lowest BCUT2D eigenvalue weighted by Crippen LogP contribution is -2.30. The fourth-order valence-electron chi connectivity index (χ4n) is 4.26. The third kappa shape index (κ3) is 4.15. The third-order valence-corrected chi connectivity index (χ3v) is 5.86. The molecule has 1 aliphatic rings. The van der Waals surface area contributed by atoms with Gasteiger partial charge in [0.05, 0.1) is 6.04 Å². The van der Waals surface area contributed by atoms with Crippen LogP contribution in [0.25, 0.3) is 16.8 Å². The Labute approximate surface area is 201 Å². The van der Waals surface area contributed by atoms with Crippen molar-refractivity contribution >= 4 is 29.0 Å². The number of nitrogens with two attached hydrogens (primary N) is 1. The zero-order valence-corrected chi connectivity index (χ0v) is 19.0. The van der Waals surface area contributed by atoms with Gasteiger partial charge in [0.2, 0.25) is 0 Å². The van der Waals surface area contributed by atoms with Crippen molar-refractivity contribution in [2.24, 2.45) is 0 Å². The van der Waals surface area contributed by atoms with Gasteiger partial charge in [0.1, 0.15) is 23.4 Å². The van der Waals surface area contributed by atoms with Gasteiger partial charge in [0.25, 0.3) is 11.8 Å². The van der Waals surface area contributed by atoms with E-state index in [0.717, 1.165) is 18.4 Å². The number of carbonyl (C=O) groups excluding carboxylic acids is 2. The largest absolute Gasteiger partial charge is 0.382 e. The summed E-state index contributed by atoms with van der Waals surface area (Å²) in [6.45, 7) is 2.24. The van der Waals surface area contributed by atoms with Gasteiger partial charge in [-0.3, -0.25) is 9.59 Å². The van der Waals surface area contributed by atoms with E-state index in [1.54, 1.807) is 65.0 Å². The molecule has 0 spiro atoms. The lowest BCUT2D eigenvalue weighted by molar-refractivity contribution is -0.126. The highest BCUT2D eigenvalue weighted by atomic mass is 16.2. The maximum absolute atomic E-state index is 12.6. The molecule has 3 aromatic heterocycles. The van der Waals surface area contributed by atoms with E-state index in [0.29, 0.717) is 35.0 Å². The van der Waals surface area contributed by atoms with Crippen LogP contribution in [0.3, 0.4) is 0 Å². The summed E-state index contributed by atoms with van der Waals surface area (Å²) in [7, 11) is 0. The van der Waals surface area contributed by atoms with Gasteiger partial charge in [-0.2, -0.15) is 5.10 Å². The number of imidazole rings is 1. The smallest absolute Gasteiger partial charge is 0.299 e. The van der Waals surface area contributed by atoms with Crippen molar-refractivity contribution in [3.05, 3.63) is 66.4 Å². The summed E-state index contributed by atoms with van der Waals surface area (Å²) < 4.78 is 1.65. The fraction of sp³-hybridized carbons (Fsp3) is 0.200. The summed E-state index contributed by atoms with van der Waals surface area (Å²) in [4.78, 5) is 40.0. The van der Waals surface area contributed by atoms with Gasteiger partial charge in [0.15, 0.2) is 11.6 Å². The first-order valence-electron chi connectivity index (χ1n) is 11.1. The maximum Gasteiger partial charge on any atom is 0.299 e. The molecule has 1 aliphatic heterocycles. The molecule has 174 valence electrons. The van der Waals surface area contributed by atoms with Gasteiger partial charge in [-0.05, 0) is 50.0 Å². The first-order valence-corrected chi connectivity index (χ1v) is 11.1. The molecule has 1 saturated heterocycles. The molecule has 4 aromatic rings. The summed E-state index contributed by atoms with van der Waals surface area (Å²) in [5, 5.41) is 7.15. The molecule has 3 N–H and O–H groups in total. The van der Waals surface area contributed by atoms with Crippen LogP contribution in [0, 0.1) is 11.8 Å². The second-order valence-electron chi connectivity index (χ2n) is 8.00. The van der Waals surface area contributed by atoms with E-state index in [2.05, 4.69) is 32.2 Å². The topological polar surface area (TPSA) is 131 Å². The Bertz CT molecular complexity index is 1470. The van der Waals surface area contributed by atoms with Crippen LogP contribution in [-0.2, 0) is 4.79 Å². The first-order chi connectivity index (χ1) is 17.1. The molecule has 10 nitrogen and oxygen atoms in total. The predicted molar refractivity (Wildman–Crippen MR) is 130 cm³/mol. The van der Waals surface area contributed by atoms with Crippen molar-refractivity contribution in [3.8, 4) is 23.1 Å². The summed E-state index contributed by atoms with van der Waals surface area (Å²) in [5.74, 6) is 6.13. The molecule has 1 aromatic carbocycles. The number of hydrogen-bond acceptors (Lipinski definition) is 7. The lowest BCUT2D eigenvalue weighted by atomic mass is 10.1. The van der Waals surface area contributed by atoms with Gasteiger partial charge in [-0.25, -0.2) is 19.5 Å². The molecule has 0 radical (unpaired) electrons. The zero-order chi connectivity index (χ0) is 24.4. The number of benzene rings is 1. The van der Waals surface area contributed by atoms with Crippen molar-refractivity contribution in [1.29, 1.82) is 0 Å². The number of hydrogen-bond donors (Lipinski definition) is 2. The number of rotatable bonds is 4. The van der Waals surface area contributed by atoms with Crippen LogP contribution in [0.1, 0.15) is 42.0 Å². The van der Waals surface area contributed by atoms with Crippen LogP contribution in [0.15, 0.2) is 55.0 Å². The van der Waals surface area contributed by atoms with E-state index in [9.17, 15) is 9.59 Å². The fourth-order valence-corrected chi connectivity index (χ4v) is 4.26. The van der Waals surface area contributed by atoms with E-state index < -0.39 is 0 Å². The second-order valence-corrected chi connectivity index (χ2v) is 8.00. The number of carbonyl (C=O) groups is 2. The normalized spacial score (nSPS) is 15.0. The lowest BCUT2D eigenvalue weighted by Gasteiger charge is -2.21. The van der Waals surface area contributed by atoms with E-state index in [1.165, 1.54) is 6.33 Å². The molecule has 1 atom stereocenters. The molecule has 0 saturated carbocycles. The molecule has 5 rings (SSSR count). The molecule has 1 unspecified atom stereocenters. The molecule has 2 amide bonds. The molecular weight excluding hydrogens is 444 g/mol. The number of nitrogen functional groups attached to an aromatic ring is 1. The Kier molecular flexibility index (Phi) is 5.81. The van der Waals surface area contributed by atoms with Crippen LogP contribution in [0.5, 0.6) is 0 Å².